The highest BCUT2D eigenvalue weighted by molar-refractivity contribution is 5.85. The maximum absolute atomic E-state index is 11.2. The molecule has 0 aromatic carbocycles. The van der Waals surface area contributed by atoms with Gasteiger partial charge in [0.25, 0.3) is 0 Å². The number of carbonyl (C=O) groups is 3. The van der Waals surface area contributed by atoms with E-state index in [0.717, 1.165) is 0 Å². The maximum Gasteiger partial charge on any atom is 0.326 e. The third kappa shape index (κ3) is 5.83. The van der Waals surface area contributed by atoms with E-state index in [1.165, 1.54) is 6.92 Å². The second kappa shape index (κ2) is 6.16. The molecule has 0 saturated carbocycles. The quantitative estimate of drug-likeness (QED) is 0.679. The molecule has 15 heavy (non-hydrogen) atoms. The van der Waals surface area contributed by atoms with Crippen LogP contribution >= 0.6 is 0 Å². The van der Waals surface area contributed by atoms with Crippen LogP contribution in [0, 0.1) is 5.92 Å². The number of hydrogen-bond donors (Lipinski definition) is 2. The van der Waals surface area contributed by atoms with Gasteiger partial charge >= 0.3 is 5.97 Å². The molecule has 0 aliphatic rings. The molecule has 0 fully saturated rings. The van der Waals surface area contributed by atoms with E-state index < -0.39 is 12.0 Å². The molecule has 0 aliphatic carbocycles. The first-order chi connectivity index (χ1) is 6.84. The van der Waals surface area contributed by atoms with Gasteiger partial charge in [0.1, 0.15) is 11.8 Å². The minimum absolute atomic E-state index is 0.0833. The number of rotatable bonds is 6. The third-order valence-corrected chi connectivity index (χ3v) is 1.92. The van der Waals surface area contributed by atoms with Crippen LogP contribution in [0.15, 0.2) is 0 Å². The Bertz CT molecular complexity index is 260. The second-order valence-corrected chi connectivity index (χ2v) is 3.79. The minimum Gasteiger partial charge on any atom is -0.480 e. The van der Waals surface area contributed by atoms with Gasteiger partial charge in [0.2, 0.25) is 5.91 Å². The van der Waals surface area contributed by atoms with E-state index in [9.17, 15) is 14.4 Å². The topological polar surface area (TPSA) is 83.5 Å². The molecule has 2 N–H and O–H groups in total. The number of aliphatic carboxylic acids is 1. The summed E-state index contributed by atoms with van der Waals surface area (Å²) in [6, 6.07) is -0.969. The molecule has 0 aliphatic heterocycles. The van der Waals surface area contributed by atoms with Crippen molar-refractivity contribution in [1.82, 2.24) is 5.32 Å². The Kier molecular flexibility index (Phi) is 5.59. The van der Waals surface area contributed by atoms with Crippen LogP contribution < -0.4 is 5.32 Å². The molecule has 5 heteroatoms. The average Bonchev–Trinajstić information content (AvgIpc) is 2.10. The van der Waals surface area contributed by atoms with Gasteiger partial charge < -0.3 is 15.2 Å². The summed E-state index contributed by atoms with van der Waals surface area (Å²) < 4.78 is 0. The van der Waals surface area contributed by atoms with Crippen molar-refractivity contribution in [3.8, 4) is 0 Å². The summed E-state index contributed by atoms with van der Waals surface area (Å²) in [6.07, 6.45) is 0.304. The zero-order valence-electron chi connectivity index (χ0n) is 9.24. The van der Waals surface area contributed by atoms with Gasteiger partial charge in [-0.05, 0) is 13.3 Å². The summed E-state index contributed by atoms with van der Waals surface area (Å²) in [5, 5.41) is 11.2. The van der Waals surface area contributed by atoms with Gasteiger partial charge in [-0.2, -0.15) is 0 Å². The lowest BCUT2D eigenvalue weighted by Gasteiger charge is -2.15. The number of Topliss-reactive ketones (excluding diaryl/α,β-unsaturated/α-hetero) is 1. The fourth-order valence-corrected chi connectivity index (χ4v) is 0.943. The summed E-state index contributed by atoms with van der Waals surface area (Å²) in [6.45, 7) is 4.75. The van der Waals surface area contributed by atoms with E-state index in [1.807, 2.05) is 0 Å². The molecule has 0 rings (SSSR count). The van der Waals surface area contributed by atoms with Crippen LogP contribution in [0.1, 0.15) is 33.6 Å². The van der Waals surface area contributed by atoms with Gasteiger partial charge in [0, 0.05) is 12.3 Å². The Morgan fingerprint density at radius 1 is 1.27 bits per heavy atom. The summed E-state index contributed by atoms with van der Waals surface area (Å²) in [5.41, 5.74) is 0. The molecule has 0 spiro atoms. The maximum atomic E-state index is 11.2. The molecular formula is C10H17NO4. The van der Waals surface area contributed by atoms with Crippen LogP contribution in [-0.2, 0) is 14.4 Å². The molecule has 0 aromatic heterocycles. The molecule has 86 valence electrons. The highest BCUT2D eigenvalue weighted by atomic mass is 16.4. The molecule has 0 aromatic rings. The van der Waals surface area contributed by atoms with Crippen LogP contribution in [0.2, 0.25) is 0 Å². The van der Waals surface area contributed by atoms with E-state index in [-0.39, 0.29) is 30.4 Å². The number of ketones is 1. The monoisotopic (exact) mass is 215 g/mol. The first kappa shape index (κ1) is 13.6. The van der Waals surface area contributed by atoms with Crippen molar-refractivity contribution in [2.45, 2.75) is 39.7 Å². The van der Waals surface area contributed by atoms with Crippen molar-refractivity contribution >= 4 is 17.7 Å². The molecule has 0 saturated heterocycles. The first-order valence-electron chi connectivity index (χ1n) is 4.87. The van der Waals surface area contributed by atoms with Crippen molar-refractivity contribution in [1.29, 1.82) is 0 Å². The molecule has 1 amide bonds. The van der Waals surface area contributed by atoms with Crippen LogP contribution in [0.5, 0.6) is 0 Å². The van der Waals surface area contributed by atoms with Gasteiger partial charge in [-0.3, -0.25) is 4.79 Å². The van der Waals surface area contributed by atoms with E-state index in [2.05, 4.69) is 5.32 Å². The van der Waals surface area contributed by atoms with Crippen molar-refractivity contribution in [2.75, 3.05) is 0 Å². The SMILES string of the molecule is CC(=O)CCC(NC(=O)C(C)C)C(=O)O. The molecule has 0 radical (unpaired) electrons. The second-order valence-electron chi connectivity index (χ2n) is 3.79. The van der Waals surface area contributed by atoms with E-state index in [1.54, 1.807) is 13.8 Å². The minimum atomic E-state index is -1.11. The summed E-state index contributed by atoms with van der Waals surface area (Å²) in [5.74, 6) is -1.76. The Labute approximate surface area is 88.9 Å². The van der Waals surface area contributed by atoms with E-state index in [0.29, 0.717) is 0 Å². The van der Waals surface area contributed by atoms with E-state index >= 15 is 0 Å². The van der Waals surface area contributed by atoms with Gasteiger partial charge in [-0.15, -0.1) is 0 Å². The number of carbonyl (C=O) groups excluding carboxylic acids is 2. The van der Waals surface area contributed by atoms with Crippen molar-refractivity contribution < 1.29 is 19.5 Å². The van der Waals surface area contributed by atoms with E-state index in [4.69, 9.17) is 5.11 Å². The fraction of sp³-hybridized carbons (Fsp3) is 0.700. The average molecular weight is 215 g/mol. The van der Waals surface area contributed by atoms with Crippen LogP contribution in [0.25, 0.3) is 0 Å². The lowest BCUT2D eigenvalue weighted by atomic mass is 10.1. The zero-order chi connectivity index (χ0) is 12.0. The standard InChI is InChI=1S/C10H17NO4/c1-6(2)9(13)11-8(10(14)15)5-4-7(3)12/h6,8H,4-5H2,1-3H3,(H,11,13)(H,14,15). The van der Waals surface area contributed by atoms with Crippen LogP contribution in [0.3, 0.4) is 0 Å². The molecule has 5 nitrogen and oxygen atoms in total. The predicted molar refractivity (Wildman–Crippen MR) is 54.3 cm³/mol. The van der Waals surface area contributed by atoms with Crippen molar-refractivity contribution in [3.63, 3.8) is 0 Å². The highest BCUT2D eigenvalue weighted by Crippen LogP contribution is 2.01. The number of nitrogens with one attached hydrogen (secondary N) is 1. The van der Waals surface area contributed by atoms with Crippen molar-refractivity contribution in [3.05, 3.63) is 0 Å². The largest absolute Gasteiger partial charge is 0.480 e. The lowest BCUT2D eigenvalue weighted by Crippen LogP contribution is -2.42. The number of amides is 1. The number of carboxylic acid groups (broad SMARTS) is 1. The lowest BCUT2D eigenvalue weighted by molar-refractivity contribution is -0.142. The fourth-order valence-electron chi connectivity index (χ4n) is 0.943. The Morgan fingerprint density at radius 2 is 1.80 bits per heavy atom. The van der Waals surface area contributed by atoms with Crippen LogP contribution in [-0.4, -0.2) is 28.8 Å². The first-order valence-corrected chi connectivity index (χ1v) is 4.87. The normalized spacial score (nSPS) is 12.3. The van der Waals surface area contributed by atoms with Gasteiger partial charge in [0.15, 0.2) is 0 Å². The zero-order valence-corrected chi connectivity index (χ0v) is 9.24. The predicted octanol–water partition coefficient (Wildman–Crippen LogP) is 0.581. The Balaban J connectivity index is 4.22. The molecular weight excluding hydrogens is 198 g/mol. The van der Waals surface area contributed by atoms with Gasteiger partial charge in [0.05, 0.1) is 0 Å². The van der Waals surface area contributed by atoms with Gasteiger partial charge in [-0.25, -0.2) is 4.79 Å². The molecule has 1 atom stereocenters. The Morgan fingerprint density at radius 3 is 2.13 bits per heavy atom. The highest BCUT2D eigenvalue weighted by Gasteiger charge is 2.21. The molecule has 1 unspecified atom stereocenters. The van der Waals surface area contributed by atoms with Gasteiger partial charge in [-0.1, -0.05) is 13.8 Å². The summed E-state index contributed by atoms with van der Waals surface area (Å²) in [4.78, 5) is 32.7. The Hall–Kier alpha value is -1.39. The summed E-state index contributed by atoms with van der Waals surface area (Å²) >= 11 is 0. The third-order valence-electron chi connectivity index (χ3n) is 1.92. The number of hydrogen-bond acceptors (Lipinski definition) is 3. The molecule has 0 heterocycles. The van der Waals surface area contributed by atoms with Crippen LogP contribution in [0.4, 0.5) is 0 Å². The van der Waals surface area contributed by atoms with Crippen molar-refractivity contribution in [2.24, 2.45) is 5.92 Å². The smallest absolute Gasteiger partial charge is 0.326 e. The molecule has 0 bridgehead atoms. The summed E-state index contributed by atoms with van der Waals surface area (Å²) in [7, 11) is 0. The number of carboxylic acids is 1.